The summed E-state index contributed by atoms with van der Waals surface area (Å²) in [6, 6.07) is 1.61. The third kappa shape index (κ3) is 3.35. The van der Waals surface area contributed by atoms with Crippen LogP contribution in [0, 0.1) is 23.4 Å². The fourth-order valence-electron chi connectivity index (χ4n) is 3.23. The van der Waals surface area contributed by atoms with Crippen molar-refractivity contribution in [2.75, 3.05) is 26.2 Å². The summed E-state index contributed by atoms with van der Waals surface area (Å²) in [4.78, 5) is 2.20. The molecule has 6 heteroatoms. The van der Waals surface area contributed by atoms with Crippen LogP contribution in [0.1, 0.15) is 30.9 Å². The van der Waals surface area contributed by atoms with Gasteiger partial charge in [0.25, 0.3) is 0 Å². The Labute approximate surface area is 129 Å². The Bertz CT molecular complexity index is 488. The Morgan fingerprint density at radius 1 is 1.00 bits per heavy atom. The van der Waals surface area contributed by atoms with Gasteiger partial charge in [-0.05, 0) is 24.8 Å². The van der Waals surface area contributed by atoms with Gasteiger partial charge in [-0.1, -0.05) is 6.42 Å². The molecule has 1 saturated heterocycles. The number of piperazine rings is 1. The topological polar surface area (TPSA) is 15.3 Å². The van der Waals surface area contributed by atoms with Gasteiger partial charge in [-0.15, -0.1) is 12.4 Å². The molecule has 1 N–H and O–H groups in total. The molecule has 1 aliphatic heterocycles. The molecule has 0 spiro atoms. The average molecular weight is 321 g/mol. The number of halogens is 4. The van der Waals surface area contributed by atoms with E-state index in [1.807, 2.05) is 0 Å². The van der Waals surface area contributed by atoms with E-state index in [1.165, 1.54) is 0 Å². The van der Waals surface area contributed by atoms with Crippen LogP contribution in [0.2, 0.25) is 0 Å². The van der Waals surface area contributed by atoms with Crippen LogP contribution in [-0.2, 0) is 0 Å². The van der Waals surface area contributed by atoms with Gasteiger partial charge in [-0.2, -0.15) is 0 Å². The molecule has 2 aliphatic rings. The van der Waals surface area contributed by atoms with E-state index in [4.69, 9.17) is 0 Å². The second-order valence-electron chi connectivity index (χ2n) is 5.71. The number of hydrogen-bond donors (Lipinski definition) is 1. The molecule has 21 heavy (non-hydrogen) atoms. The zero-order chi connectivity index (χ0) is 14.1. The van der Waals surface area contributed by atoms with Crippen molar-refractivity contribution in [2.45, 2.75) is 25.3 Å². The maximum Gasteiger partial charge on any atom is 0.161 e. The first kappa shape index (κ1) is 16.6. The Morgan fingerprint density at radius 2 is 1.62 bits per heavy atom. The minimum absolute atomic E-state index is 0. The summed E-state index contributed by atoms with van der Waals surface area (Å²) >= 11 is 0. The molecule has 0 aromatic heterocycles. The SMILES string of the molecule is Cl.Fc1cc(F)c([C@H](C2CCC2)N2CCNCC2)cc1F. The van der Waals surface area contributed by atoms with Crippen molar-refractivity contribution >= 4 is 12.4 Å². The second kappa shape index (κ2) is 6.99. The van der Waals surface area contributed by atoms with E-state index >= 15 is 0 Å². The Kier molecular flexibility index (Phi) is 5.52. The van der Waals surface area contributed by atoms with Gasteiger partial charge in [-0.25, -0.2) is 13.2 Å². The largest absolute Gasteiger partial charge is 0.314 e. The third-order valence-corrected chi connectivity index (χ3v) is 4.50. The molecule has 0 unspecified atom stereocenters. The van der Waals surface area contributed by atoms with Crippen LogP contribution in [0.25, 0.3) is 0 Å². The van der Waals surface area contributed by atoms with Crippen LogP contribution >= 0.6 is 12.4 Å². The fraction of sp³-hybridized carbons (Fsp3) is 0.600. The van der Waals surface area contributed by atoms with Gasteiger partial charge in [0, 0.05) is 43.9 Å². The summed E-state index contributed by atoms with van der Waals surface area (Å²) in [5, 5.41) is 3.26. The molecule has 1 aliphatic carbocycles. The first-order valence-corrected chi connectivity index (χ1v) is 7.26. The van der Waals surface area contributed by atoms with Gasteiger partial charge < -0.3 is 5.32 Å². The van der Waals surface area contributed by atoms with Gasteiger partial charge >= 0.3 is 0 Å². The minimum atomic E-state index is -1.11. The molecule has 118 valence electrons. The summed E-state index contributed by atoms with van der Waals surface area (Å²) in [7, 11) is 0. The summed E-state index contributed by atoms with van der Waals surface area (Å²) in [6.07, 6.45) is 3.21. The molecule has 3 rings (SSSR count). The summed E-state index contributed by atoms with van der Waals surface area (Å²) in [5.74, 6) is -2.34. The van der Waals surface area contributed by atoms with E-state index in [2.05, 4.69) is 10.2 Å². The summed E-state index contributed by atoms with van der Waals surface area (Å²) < 4.78 is 40.7. The predicted octanol–water partition coefficient (Wildman–Crippen LogP) is 3.27. The van der Waals surface area contributed by atoms with E-state index in [-0.39, 0.29) is 18.4 Å². The standard InChI is InChI=1S/C15H19F3N2.ClH/c16-12-9-14(18)13(17)8-11(12)15(10-2-1-3-10)20-6-4-19-5-7-20;/h8-10,15,19H,1-7H2;1H/t15-;/m0./s1. The molecule has 1 atom stereocenters. The summed E-state index contributed by atoms with van der Waals surface area (Å²) in [5.41, 5.74) is 0.315. The van der Waals surface area contributed by atoms with E-state index in [1.54, 1.807) is 0 Å². The highest BCUT2D eigenvalue weighted by atomic mass is 35.5. The van der Waals surface area contributed by atoms with Crippen LogP contribution in [-0.4, -0.2) is 31.1 Å². The third-order valence-electron chi connectivity index (χ3n) is 4.50. The first-order chi connectivity index (χ1) is 9.66. The number of rotatable bonds is 3. The van der Waals surface area contributed by atoms with Crippen LogP contribution in [0.5, 0.6) is 0 Å². The van der Waals surface area contributed by atoms with Crippen LogP contribution < -0.4 is 5.32 Å². The van der Waals surface area contributed by atoms with Gasteiger partial charge in [0.1, 0.15) is 5.82 Å². The first-order valence-electron chi connectivity index (χ1n) is 7.26. The Hall–Kier alpha value is -0.780. The molecular weight excluding hydrogens is 301 g/mol. The lowest BCUT2D eigenvalue weighted by molar-refractivity contribution is 0.0808. The zero-order valence-corrected chi connectivity index (χ0v) is 12.6. The normalized spacial score (nSPS) is 21.5. The lowest BCUT2D eigenvalue weighted by atomic mass is 9.76. The van der Waals surface area contributed by atoms with Gasteiger partial charge in [0.15, 0.2) is 11.6 Å². The van der Waals surface area contributed by atoms with E-state index in [9.17, 15) is 13.2 Å². The fourth-order valence-corrected chi connectivity index (χ4v) is 3.23. The highest BCUT2D eigenvalue weighted by Gasteiger charge is 2.35. The molecular formula is C15H20ClF3N2. The zero-order valence-electron chi connectivity index (χ0n) is 11.7. The minimum Gasteiger partial charge on any atom is -0.314 e. The lowest BCUT2D eigenvalue weighted by Gasteiger charge is -2.43. The molecule has 1 heterocycles. The molecule has 0 amide bonds. The monoisotopic (exact) mass is 320 g/mol. The number of nitrogens with zero attached hydrogens (tertiary/aromatic N) is 1. The van der Waals surface area contributed by atoms with Gasteiger partial charge in [0.05, 0.1) is 0 Å². The van der Waals surface area contributed by atoms with Crippen molar-refractivity contribution in [1.29, 1.82) is 0 Å². The lowest BCUT2D eigenvalue weighted by Crippen LogP contribution is -2.48. The highest BCUT2D eigenvalue weighted by Crippen LogP contribution is 2.42. The highest BCUT2D eigenvalue weighted by molar-refractivity contribution is 5.85. The molecule has 2 fully saturated rings. The van der Waals surface area contributed by atoms with Crippen LogP contribution in [0.4, 0.5) is 13.2 Å². The second-order valence-corrected chi connectivity index (χ2v) is 5.71. The number of hydrogen-bond acceptors (Lipinski definition) is 2. The van der Waals surface area contributed by atoms with Gasteiger partial charge in [-0.3, -0.25) is 4.90 Å². The van der Waals surface area contributed by atoms with Crippen molar-refractivity contribution in [1.82, 2.24) is 10.2 Å². The predicted molar refractivity (Wildman–Crippen MR) is 78.1 cm³/mol. The molecule has 1 aromatic carbocycles. The maximum absolute atomic E-state index is 14.1. The molecule has 2 nitrogen and oxygen atoms in total. The molecule has 0 radical (unpaired) electrons. The quantitative estimate of drug-likeness (QED) is 0.860. The molecule has 0 bridgehead atoms. The summed E-state index contributed by atoms with van der Waals surface area (Å²) in [6.45, 7) is 3.35. The van der Waals surface area contributed by atoms with E-state index < -0.39 is 17.5 Å². The van der Waals surface area contributed by atoms with Crippen molar-refractivity contribution in [2.24, 2.45) is 5.92 Å². The number of benzene rings is 1. The number of nitrogens with one attached hydrogen (secondary N) is 1. The van der Waals surface area contributed by atoms with Crippen molar-refractivity contribution < 1.29 is 13.2 Å². The van der Waals surface area contributed by atoms with Crippen molar-refractivity contribution in [3.05, 3.63) is 35.1 Å². The maximum atomic E-state index is 14.1. The van der Waals surface area contributed by atoms with Crippen LogP contribution in [0.15, 0.2) is 12.1 Å². The van der Waals surface area contributed by atoms with E-state index in [0.717, 1.165) is 51.5 Å². The smallest absolute Gasteiger partial charge is 0.161 e. The average Bonchev–Trinajstić information content (AvgIpc) is 2.39. The van der Waals surface area contributed by atoms with Crippen LogP contribution in [0.3, 0.4) is 0 Å². The Morgan fingerprint density at radius 3 is 2.19 bits per heavy atom. The van der Waals surface area contributed by atoms with Crippen molar-refractivity contribution in [3.8, 4) is 0 Å². The molecule has 1 saturated carbocycles. The van der Waals surface area contributed by atoms with Crippen molar-refractivity contribution in [3.63, 3.8) is 0 Å². The van der Waals surface area contributed by atoms with Gasteiger partial charge in [0.2, 0.25) is 0 Å². The van der Waals surface area contributed by atoms with E-state index in [0.29, 0.717) is 17.5 Å². The Balaban J connectivity index is 0.00000161. The molecule has 1 aromatic rings.